The zero-order chi connectivity index (χ0) is 19.6. The largest absolute Gasteiger partial charge is 0.478 e. The molecule has 0 saturated heterocycles. The summed E-state index contributed by atoms with van der Waals surface area (Å²) in [5.74, 6) is 0.0321. The van der Waals surface area contributed by atoms with Gasteiger partial charge >= 0.3 is 0 Å². The number of sulfonamides is 1. The van der Waals surface area contributed by atoms with Crippen molar-refractivity contribution in [2.75, 3.05) is 17.1 Å². The SMILES string of the molecule is Cc1ccc(CNC(=O)[C@@H]2CCN(S(C)(=O)=O)c3cc(Cl)ccc3O2)cc1. The molecule has 6 nitrogen and oxygen atoms in total. The lowest BCUT2D eigenvalue weighted by atomic mass is 10.1. The highest BCUT2D eigenvalue weighted by Gasteiger charge is 2.31. The second-order valence-electron chi connectivity index (χ2n) is 6.55. The van der Waals surface area contributed by atoms with Crippen molar-refractivity contribution < 1.29 is 17.9 Å². The fourth-order valence-corrected chi connectivity index (χ4v) is 3.99. The van der Waals surface area contributed by atoms with E-state index in [-0.39, 0.29) is 18.9 Å². The molecule has 0 aliphatic carbocycles. The van der Waals surface area contributed by atoms with Gasteiger partial charge in [0.25, 0.3) is 5.91 Å². The number of aryl methyl sites for hydroxylation is 1. The molecule has 1 atom stereocenters. The Morgan fingerprint density at radius 3 is 2.63 bits per heavy atom. The molecule has 3 rings (SSSR count). The molecule has 1 amide bonds. The lowest BCUT2D eigenvalue weighted by Crippen LogP contribution is -2.39. The van der Waals surface area contributed by atoms with Gasteiger partial charge in [-0.2, -0.15) is 0 Å². The van der Waals surface area contributed by atoms with E-state index in [1.54, 1.807) is 12.1 Å². The summed E-state index contributed by atoms with van der Waals surface area (Å²) < 4.78 is 31.4. The lowest BCUT2D eigenvalue weighted by molar-refractivity contribution is -0.128. The first-order valence-electron chi connectivity index (χ1n) is 8.51. The van der Waals surface area contributed by atoms with Gasteiger partial charge in [-0.3, -0.25) is 9.10 Å². The second-order valence-corrected chi connectivity index (χ2v) is 8.89. The predicted molar refractivity (Wildman–Crippen MR) is 106 cm³/mol. The van der Waals surface area contributed by atoms with Crippen LogP contribution in [0, 0.1) is 6.92 Å². The maximum Gasteiger partial charge on any atom is 0.261 e. The van der Waals surface area contributed by atoms with Crippen LogP contribution in [-0.2, 0) is 21.4 Å². The fraction of sp³-hybridized carbons (Fsp3) is 0.316. The predicted octanol–water partition coefficient (Wildman–Crippen LogP) is 2.88. The summed E-state index contributed by atoms with van der Waals surface area (Å²) in [7, 11) is -3.52. The van der Waals surface area contributed by atoms with Gasteiger partial charge in [-0.05, 0) is 30.7 Å². The summed E-state index contributed by atoms with van der Waals surface area (Å²) in [5, 5.41) is 3.25. The Kier molecular flexibility index (Phi) is 5.62. The summed E-state index contributed by atoms with van der Waals surface area (Å²) in [4.78, 5) is 12.6. The molecule has 0 unspecified atom stereocenters. The number of amides is 1. The highest BCUT2D eigenvalue weighted by atomic mass is 35.5. The molecule has 27 heavy (non-hydrogen) atoms. The van der Waals surface area contributed by atoms with Crippen molar-refractivity contribution in [3.05, 3.63) is 58.6 Å². The van der Waals surface area contributed by atoms with Crippen LogP contribution in [-0.4, -0.2) is 33.2 Å². The van der Waals surface area contributed by atoms with E-state index in [9.17, 15) is 13.2 Å². The number of hydrogen-bond donors (Lipinski definition) is 1. The van der Waals surface area contributed by atoms with Gasteiger partial charge in [-0.15, -0.1) is 0 Å². The van der Waals surface area contributed by atoms with Crippen molar-refractivity contribution in [3.8, 4) is 5.75 Å². The summed E-state index contributed by atoms with van der Waals surface area (Å²) in [6.07, 6.45) is 0.566. The van der Waals surface area contributed by atoms with Crippen LogP contribution in [0.25, 0.3) is 0 Å². The highest BCUT2D eigenvalue weighted by Crippen LogP contribution is 2.36. The van der Waals surface area contributed by atoms with E-state index in [4.69, 9.17) is 16.3 Å². The monoisotopic (exact) mass is 408 g/mol. The number of ether oxygens (including phenoxy) is 1. The molecule has 0 fully saturated rings. The van der Waals surface area contributed by atoms with Crippen molar-refractivity contribution in [1.82, 2.24) is 5.32 Å². The van der Waals surface area contributed by atoms with Crippen LogP contribution in [0.5, 0.6) is 5.75 Å². The van der Waals surface area contributed by atoms with Crippen molar-refractivity contribution >= 4 is 33.2 Å². The van der Waals surface area contributed by atoms with Crippen LogP contribution in [0.1, 0.15) is 17.5 Å². The molecule has 2 aromatic carbocycles. The van der Waals surface area contributed by atoms with Gasteiger partial charge in [-0.1, -0.05) is 41.4 Å². The van der Waals surface area contributed by atoms with Crippen LogP contribution in [0.15, 0.2) is 42.5 Å². The van der Waals surface area contributed by atoms with Crippen molar-refractivity contribution in [2.45, 2.75) is 26.0 Å². The molecule has 2 aromatic rings. The molecular formula is C19H21ClN2O4S. The third kappa shape index (κ3) is 4.73. The Labute approximate surface area is 164 Å². The highest BCUT2D eigenvalue weighted by molar-refractivity contribution is 7.92. The maximum absolute atomic E-state index is 12.6. The molecule has 8 heteroatoms. The van der Waals surface area contributed by atoms with Gasteiger partial charge in [-0.25, -0.2) is 8.42 Å². The standard InChI is InChI=1S/C19H21ClN2O4S/c1-13-3-5-14(6-4-13)12-21-19(23)18-9-10-22(27(2,24)25)16-11-15(20)7-8-17(16)26-18/h3-8,11,18H,9-10,12H2,1-2H3,(H,21,23)/t18-/m0/s1. The van der Waals surface area contributed by atoms with E-state index in [1.165, 1.54) is 10.4 Å². The average Bonchev–Trinajstić information content (AvgIpc) is 2.80. The summed E-state index contributed by atoms with van der Waals surface area (Å²) in [6.45, 7) is 2.51. The van der Waals surface area contributed by atoms with Gasteiger partial charge in [0.05, 0.1) is 11.9 Å². The minimum atomic E-state index is -3.52. The molecule has 1 aliphatic heterocycles. The molecular weight excluding hydrogens is 388 g/mol. The first-order valence-corrected chi connectivity index (χ1v) is 10.7. The van der Waals surface area contributed by atoms with Crippen molar-refractivity contribution in [1.29, 1.82) is 0 Å². The first-order chi connectivity index (χ1) is 12.7. The number of hydrogen-bond acceptors (Lipinski definition) is 4. The summed E-state index contributed by atoms with van der Waals surface area (Å²) >= 11 is 6.02. The molecule has 144 valence electrons. The minimum absolute atomic E-state index is 0.134. The molecule has 0 aromatic heterocycles. The number of nitrogens with one attached hydrogen (secondary N) is 1. The second kappa shape index (κ2) is 7.78. The average molecular weight is 409 g/mol. The van der Waals surface area contributed by atoms with Crippen LogP contribution < -0.4 is 14.4 Å². The number of benzene rings is 2. The Morgan fingerprint density at radius 2 is 1.96 bits per heavy atom. The van der Waals surface area contributed by atoms with Gasteiger partial charge in [0.1, 0.15) is 5.75 Å². The van der Waals surface area contributed by atoms with Crippen LogP contribution in [0.3, 0.4) is 0 Å². The Bertz CT molecular complexity index is 945. The van der Waals surface area contributed by atoms with E-state index in [0.29, 0.717) is 23.0 Å². The van der Waals surface area contributed by atoms with E-state index in [0.717, 1.165) is 17.4 Å². The quantitative estimate of drug-likeness (QED) is 0.844. The third-order valence-corrected chi connectivity index (χ3v) is 5.75. The molecule has 0 spiro atoms. The van der Waals surface area contributed by atoms with Gasteiger partial charge in [0.2, 0.25) is 10.0 Å². The number of rotatable bonds is 4. The minimum Gasteiger partial charge on any atom is -0.478 e. The molecule has 1 heterocycles. The van der Waals surface area contributed by atoms with Crippen LogP contribution >= 0.6 is 11.6 Å². The number of nitrogens with zero attached hydrogens (tertiary/aromatic N) is 1. The Balaban J connectivity index is 1.77. The van der Waals surface area contributed by atoms with E-state index < -0.39 is 16.1 Å². The smallest absolute Gasteiger partial charge is 0.261 e. The zero-order valence-corrected chi connectivity index (χ0v) is 16.7. The first kappa shape index (κ1) is 19.5. The van der Waals surface area contributed by atoms with Gasteiger partial charge < -0.3 is 10.1 Å². The normalized spacial score (nSPS) is 16.9. The number of halogens is 1. The third-order valence-electron chi connectivity index (χ3n) is 4.33. The lowest BCUT2D eigenvalue weighted by Gasteiger charge is -2.21. The number of carbonyl (C=O) groups is 1. The maximum atomic E-state index is 12.6. The van der Waals surface area contributed by atoms with Crippen LogP contribution in [0.4, 0.5) is 5.69 Å². The molecule has 1 N–H and O–H groups in total. The zero-order valence-electron chi connectivity index (χ0n) is 15.1. The Hall–Kier alpha value is -2.25. The molecule has 0 saturated carbocycles. The molecule has 0 bridgehead atoms. The number of fused-ring (bicyclic) bond motifs is 1. The van der Waals surface area contributed by atoms with E-state index in [1.807, 2.05) is 31.2 Å². The Morgan fingerprint density at radius 1 is 1.26 bits per heavy atom. The van der Waals surface area contributed by atoms with Crippen LogP contribution in [0.2, 0.25) is 5.02 Å². The van der Waals surface area contributed by atoms with Crippen molar-refractivity contribution in [2.24, 2.45) is 0 Å². The van der Waals surface area contributed by atoms with E-state index >= 15 is 0 Å². The summed E-state index contributed by atoms with van der Waals surface area (Å²) in [6, 6.07) is 12.6. The number of anilines is 1. The summed E-state index contributed by atoms with van der Waals surface area (Å²) in [5.41, 5.74) is 2.47. The molecule has 0 radical (unpaired) electrons. The van der Waals surface area contributed by atoms with E-state index in [2.05, 4.69) is 5.32 Å². The van der Waals surface area contributed by atoms with Gasteiger partial charge in [0.15, 0.2) is 6.10 Å². The number of carbonyl (C=O) groups excluding carboxylic acids is 1. The fourth-order valence-electron chi connectivity index (χ4n) is 2.89. The van der Waals surface area contributed by atoms with Crippen molar-refractivity contribution in [3.63, 3.8) is 0 Å². The molecule has 1 aliphatic rings. The van der Waals surface area contributed by atoms with Gasteiger partial charge in [0, 0.05) is 24.5 Å². The topological polar surface area (TPSA) is 75.7 Å².